The van der Waals surface area contributed by atoms with Gasteiger partial charge in [-0.25, -0.2) is 0 Å². The number of Topliss-reactive ketones (excluding diaryl/α,β-unsaturated/α-hetero) is 1. The van der Waals surface area contributed by atoms with Crippen LogP contribution in [0.2, 0.25) is 0 Å². The number of allylic oxidation sites excluding steroid dienone is 1. The largest absolute Gasteiger partial charge is 0.504 e. The van der Waals surface area contributed by atoms with Crippen molar-refractivity contribution < 1.29 is 34.0 Å². The summed E-state index contributed by atoms with van der Waals surface area (Å²) >= 11 is 0. The van der Waals surface area contributed by atoms with E-state index in [2.05, 4.69) is 0 Å². The molecule has 4 rings (SSSR count). The Morgan fingerprint density at radius 2 is 1.93 bits per heavy atom. The molecule has 0 amide bonds. The van der Waals surface area contributed by atoms with E-state index in [1.54, 1.807) is 6.92 Å². The quantitative estimate of drug-likeness (QED) is 0.704. The molecule has 3 fully saturated rings. The number of aliphatic hydroxyl groups is 2. The number of rotatable bonds is 4. The Morgan fingerprint density at radius 1 is 1.25 bits per heavy atom. The van der Waals surface area contributed by atoms with Crippen molar-refractivity contribution in [2.45, 2.75) is 76.8 Å². The van der Waals surface area contributed by atoms with Crippen LogP contribution in [0.25, 0.3) is 0 Å². The summed E-state index contributed by atoms with van der Waals surface area (Å²) < 4.78 is 18.6. The van der Waals surface area contributed by atoms with E-state index in [-0.39, 0.29) is 17.9 Å². The van der Waals surface area contributed by atoms with Gasteiger partial charge in [0.15, 0.2) is 5.76 Å². The second-order valence-electron chi connectivity index (χ2n) is 8.99. The average Bonchev–Trinajstić information content (AvgIpc) is 2.84. The molecule has 1 saturated heterocycles. The van der Waals surface area contributed by atoms with Gasteiger partial charge >= 0.3 is 5.97 Å². The minimum atomic E-state index is -1.88. The third-order valence-electron chi connectivity index (χ3n) is 7.96. The minimum absolute atomic E-state index is 0.0305. The van der Waals surface area contributed by atoms with Crippen LogP contribution >= 0.6 is 0 Å². The molecule has 6 unspecified atom stereocenters. The van der Waals surface area contributed by atoms with Gasteiger partial charge in [-0.2, -0.15) is 0 Å². The second kappa shape index (κ2) is 5.80. The highest BCUT2D eigenvalue weighted by molar-refractivity contribution is 6.03. The Kier molecular flexibility index (Phi) is 4.11. The van der Waals surface area contributed by atoms with Crippen LogP contribution in [0.1, 0.15) is 53.9 Å². The number of fused-ring (bicyclic) bond motifs is 2. The van der Waals surface area contributed by atoms with Crippen molar-refractivity contribution in [2.24, 2.45) is 17.3 Å². The lowest BCUT2D eigenvalue weighted by atomic mass is 9.55. The summed E-state index contributed by atoms with van der Waals surface area (Å²) in [6, 6.07) is 0. The molecule has 3 aliphatic carbocycles. The molecular weight excluding hydrogens is 364 g/mol. The van der Waals surface area contributed by atoms with E-state index >= 15 is 0 Å². The summed E-state index contributed by atoms with van der Waals surface area (Å²) in [5, 5.41) is 22.7. The van der Waals surface area contributed by atoms with Crippen molar-refractivity contribution in [1.82, 2.24) is 0 Å². The van der Waals surface area contributed by atoms with Gasteiger partial charge < -0.3 is 24.4 Å². The van der Waals surface area contributed by atoms with E-state index in [4.69, 9.17) is 14.2 Å². The molecule has 0 spiro atoms. The molecule has 2 N–H and O–H groups in total. The SMILES string of the molecule is CCOC1C(C)CCC2(OCC)C3(C)CC(=O)OC12C1(O)C(C)=C(O)C(=O)[C@H]31. The van der Waals surface area contributed by atoms with Gasteiger partial charge in [0.05, 0.1) is 12.3 Å². The number of hydrogen-bond donors (Lipinski definition) is 2. The van der Waals surface area contributed by atoms with Crippen molar-refractivity contribution >= 4 is 11.8 Å². The smallest absolute Gasteiger partial charge is 0.307 e. The Morgan fingerprint density at radius 3 is 2.54 bits per heavy atom. The summed E-state index contributed by atoms with van der Waals surface area (Å²) in [7, 11) is 0. The van der Waals surface area contributed by atoms with Gasteiger partial charge in [-0.15, -0.1) is 0 Å². The maximum atomic E-state index is 13.2. The molecule has 0 aromatic heterocycles. The number of ether oxygens (including phenoxy) is 3. The average molecular weight is 394 g/mol. The molecule has 1 aliphatic heterocycles. The first-order valence-electron chi connectivity index (χ1n) is 10.2. The van der Waals surface area contributed by atoms with Crippen molar-refractivity contribution in [3.63, 3.8) is 0 Å². The molecule has 4 aliphatic rings. The fourth-order valence-corrected chi connectivity index (χ4v) is 7.05. The molecule has 7 heteroatoms. The van der Waals surface area contributed by atoms with Crippen LogP contribution in [0.5, 0.6) is 0 Å². The van der Waals surface area contributed by atoms with Gasteiger partial charge in [-0.3, -0.25) is 9.59 Å². The molecule has 0 aromatic carbocycles. The van der Waals surface area contributed by atoms with Gasteiger partial charge in [0, 0.05) is 24.2 Å². The predicted octanol–water partition coefficient (Wildman–Crippen LogP) is 2.06. The van der Waals surface area contributed by atoms with Crippen LogP contribution in [0.3, 0.4) is 0 Å². The lowest BCUT2D eigenvalue weighted by Gasteiger charge is -2.62. The van der Waals surface area contributed by atoms with Crippen molar-refractivity contribution in [2.75, 3.05) is 13.2 Å². The molecule has 7 nitrogen and oxygen atoms in total. The van der Waals surface area contributed by atoms with Crippen molar-refractivity contribution in [1.29, 1.82) is 0 Å². The Bertz CT molecular complexity index is 775. The normalized spacial score (nSPS) is 49.9. The Hall–Kier alpha value is -1.44. The maximum absolute atomic E-state index is 13.2. The zero-order chi connectivity index (χ0) is 20.7. The highest BCUT2D eigenvalue weighted by atomic mass is 16.6. The summed E-state index contributed by atoms with van der Waals surface area (Å²) in [6.45, 7) is 9.77. The molecule has 28 heavy (non-hydrogen) atoms. The zero-order valence-electron chi connectivity index (χ0n) is 17.2. The molecule has 2 bridgehead atoms. The highest BCUT2D eigenvalue weighted by Crippen LogP contribution is 2.75. The second-order valence-corrected chi connectivity index (χ2v) is 8.99. The van der Waals surface area contributed by atoms with E-state index in [9.17, 15) is 19.8 Å². The zero-order valence-corrected chi connectivity index (χ0v) is 17.2. The van der Waals surface area contributed by atoms with Crippen molar-refractivity contribution in [3.8, 4) is 0 Å². The molecule has 0 aromatic rings. The molecule has 7 atom stereocenters. The number of carbonyl (C=O) groups excluding carboxylic acids is 2. The van der Waals surface area contributed by atoms with Gasteiger partial charge in [0.25, 0.3) is 0 Å². The molecule has 156 valence electrons. The van der Waals surface area contributed by atoms with Crippen LogP contribution in [-0.2, 0) is 23.8 Å². The maximum Gasteiger partial charge on any atom is 0.307 e. The summed E-state index contributed by atoms with van der Waals surface area (Å²) in [5.41, 5.74) is -5.43. The van der Waals surface area contributed by atoms with E-state index in [1.807, 2.05) is 27.7 Å². The number of esters is 1. The molecule has 2 saturated carbocycles. The molecular formula is C21H30O7. The lowest BCUT2D eigenvalue weighted by molar-refractivity contribution is -0.325. The number of aliphatic hydroxyl groups excluding tert-OH is 1. The lowest BCUT2D eigenvalue weighted by Crippen LogP contribution is -2.78. The van der Waals surface area contributed by atoms with E-state index in [1.165, 1.54) is 0 Å². The Balaban J connectivity index is 2.11. The van der Waals surface area contributed by atoms with Crippen molar-refractivity contribution in [3.05, 3.63) is 11.3 Å². The summed E-state index contributed by atoms with van der Waals surface area (Å²) in [6.07, 6.45) is 0.576. The van der Waals surface area contributed by atoms with Crippen LogP contribution < -0.4 is 0 Å². The van der Waals surface area contributed by atoms with E-state index in [0.29, 0.717) is 19.6 Å². The van der Waals surface area contributed by atoms with Crippen LogP contribution in [-0.4, -0.2) is 58.1 Å². The minimum Gasteiger partial charge on any atom is -0.504 e. The number of ketones is 1. The predicted molar refractivity (Wildman–Crippen MR) is 98.5 cm³/mol. The monoisotopic (exact) mass is 394 g/mol. The van der Waals surface area contributed by atoms with E-state index < -0.39 is 51.8 Å². The van der Waals surface area contributed by atoms with Crippen LogP contribution in [0.4, 0.5) is 0 Å². The van der Waals surface area contributed by atoms with Gasteiger partial charge in [0.2, 0.25) is 11.4 Å². The van der Waals surface area contributed by atoms with Gasteiger partial charge in [-0.05, 0) is 39.5 Å². The van der Waals surface area contributed by atoms with Gasteiger partial charge in [-0.1, -0.05) is 13.8 Å². The first-order valence-corrected chi connectivity index (χ1v) is 10.2. The fraction of sp³-hybridized carbons (Fsp3) is 0.810. The van der Waals surface area contributed by atoms with Gasteiger partial charge in [0.1, 0.15) is 17.3 Å². The highest BCUT2D eigenvalue weighted by Gasteiger charge is 2.92. The molecule has 0 radical (unpaired) electrons. The standard InChI is InChI=1S/C21H30O7/c1-6-26-17-11(3)8-9-19(27-7-2)18(5)10-13(22)28-21(17,19)20(25)12(4)14(23)15(24)16(18)20/h11,16-17,23,25H,6-10H2,1-5H3/t11?,16-,17?,18?,19?,20?,21?/m1/s1. The van der Waals surface area contributed by atoms with E-state index in [0.717, 1.165) is 6.42 Å². The molecule has 1 heterocycles. The topological polar surface area (TPSA) is 102 Å². The third kappa shape index (κ3) is 1.74. The first-order chi connectivity index (χ1) is 13.1. The van der Waals surface area contributed by atoms with Crippen LogP contribution in [0.15, 0.2) is 11.3 Å². The number of carbonyl (C=O) groups is 2. The summed E-state index contributed by atoms with van der Waals surface area (Å²) in [4.78, 5) is 26.0. The first kappa shape index (κ1) is 19.9. The summed E-state index contributed by atoms with van der Waals surface area (Å²) in [5.74, 6) is -2.51. The third-order valence-corrected chi connectivity index (χ3v) is 7.96. The van der Waals surface area contributed by atoms with Crippen LogP contribution in [0, 0.1) is 17.3 Å². The fourth-order valence-electron chi connectivity index (χ4n) is 7.05. The Labute approximate surface area is 165 Å². The number of hydrogen-bond acceptors (Lipinski definition) is 7.